The van der Waals surface area contributed by atoms with Crippen LogP contribution >= 0.6 is 15.9 Å². The second-order valence-electron chi connectivity index (χ2n) is 2.60. The third-order valence-corrected chi connectivity index (χ3v) is 1.09. The third-order valence-electron chi connectivity index (χ3n) is 0.807. The SMILES string of the molecule is C/C=C\NCC(C)(C)Br. The number of halogens is 1. The zero-order valence-electron chi connectivity index (χ0n) is 6.24. The molecule has 0 fully saturated rings. The molecule has 0 radical (unpaired) electrons. The summed E-state index contributed by atoms with van der Waals surface area (Å²) in [6, 6.07) is 0. The Morgan fingerprint density at radius 2 is 2.11 bits per heavy atom. The molecule has 0 aromatic rings. The van der Waals surface area contributed by atoms with Gasteiger partial charge in [0.05, 0.1) is 0 Å². The highest BCUT2D eigenvalue weighted by Crippen LogP contribution is 2.13. The Bertz CT molecular complexity index is 91.6. The number of hydrogen-bond donors (Lipinski definition) is 1. The fourth-order valence-corrected chi connectivity index (χ4v) is 0.581. The van der Waals surface area contributed by atoms with Crippen molar-refractivity contribution < 1.29 is 0 Å². The first kappa shape index (κ1) is 9.02. The van der Waals surface area contributed by atoms with Crippen molar-refractivity contribution in [1.29, 1.82) is 0 Å². The monoisotopic (exact) mass is 191 g/mol. The van der Waals surface area contributed by atoms with Crippen LogP contribution in [-0.4, -0.2) is 10.9 Å². The highest BCUT2D eigenvalue weighted by atomic mass is 79.9. The van der Waals surface area contributed by atoms with E-state index >= 15 is 0 Å². The summed E-state index contributed by atoms with van der Waals surface area (Å²) >= 11 is 3.51. The molecule has 0 aliphatic carbocycles. The van der Waals surface area contributed by atoms with E-state index in [1.54, 1.807) is 0 Å². The molecule has 0 bridgehead atoms. The second kappa shape index (κ2) is 3.94. The van der Waals surface area contributed by atoms with Gasteiger partial charge in [0.1, 0.15) is 0 Å². The average Bonchev–Trinajstić information content (AvgIpc) is 1.63. The third kappa shape index (κ3) is 8.02. The molecule has 0 saturated carbocycles. The smallest absolute Gasteiger partial charge is 0.0373 e. The molecule has 9 heavy (non-hydrogen) atoms. The van der Waals surface area contributed by atoms with E-state index in [-0.39, 0.29) is 4.32 Å². The Morgan fingerprint density at radius 3 is 2.44 bits per heavy atom. The Morgan fingerprint density at radius 1 is 1.56 bits per heavy atom. The maximum absolute atomic E-state index is 3.51. The normalized spacial score (nSPS) is 12.4. The zero-order chi connectivity index (χ0) is 7.33. The minimum Gasteiger partial charge on any atom is -0.390 e. The van der Waals surface area contributed by atoms with Crippen LogP contribution in [0.1, 0.15) is 20.8 Å². The van der Waals surface area contributed by atoms with Gasteiger partial charge in [0.15, 0.2) is 0 Å². The van der Waals surface area contributed by atoms with Gasteiger partial charge in [-0.05, 0) is 27.0 Å². The van der Waals surface area contributed by atoms with Crippen LogP contribution in [0.15, 0.2) is 12.3 Å². The van der Waals surface area contributed by atoms with Gasteiger partial charge in [-0.25, -0.2) is 0 Å². The van der Waals surface area contributed by atoms with Crippen LogP contribution in [-0.2, 0) is 0 Å². The molecule has 0 unspecified atom stereocenters. The second-order valence-corrected chi connectivity index (χ2v) is 4.75. The van der Waals surface area contributed by atoms with Crippen LogP contribution in [0.3, 0.4) is 0 Å². The fraction of sp³-hybridized carbons (Fsp3) is 0.714. The lowest BCUT2D eigenvalue weighted by Crippen LogP contribution is -2.25. The van der Waals surface area contributed by atoms with Gasteiger partial charge in [-0.3, -0.25) is 0 Å². The van der Waals surface area contributed by atoms with E-state index in [9.17, 15) is 0 Å². The molecule has 0 saturated heterocycles. The standard InChI is InChI=1S/C7H14BrN/c1-4-5-9-6-7(2,3)8/h4-5,9H,6H2,1-3H3/b5-4-. The van der Waals surface area contributed by atoms with Crippen molar-refractivity contribution in [3.63, 3.8) is 0 Å². The van der Waals surface area contributed by atoms with Crippen molar-refractivity contribution in [3.05, 3.63) is 12.3 Å². The summed E-state index contributed by atoms with van der Waals surface area (Å²) in [4.78, 5) is 0. The van der Waals surface area contributed by atoms with Gasteiger partial charge in [-0.2, -0.15) is 0 Å². The molecule has 2 heteroatoms. The van der Waals surface area contributed by atoms with Crippen LogP contribution in [0.2, 0.25) is 0 Å². The number of hydrogen-bond acceptors (Lipinski definition) is 1. The van der Waals surface area contributed by atoms with E-state index in [2.05, 4.69) is 35.1 Å². The lowest BCUT2D eigenvalue weighted by atomic mass is 10.2. The molecule has 0 aliphatic rings. The van der Waals surface area contributed by atoms with E-state index < -0.39 is 0 Å². The van der Waals surface area contributed by atoms with Gasteiger partial charge < -0.3 is 5.32 Å². The first-order chi connectivity index (χ1) is 4.06. The minimum atomic E-state index is 0.201. The van der Waals surface area contributed by atoms with Crippen LogP contribution in [0.5, 0.6) is 0 Å². The molecule has 0 aliphatic heterocycles. The van der Waals surface area contributed by atoms with Gasteiger partial charge in [-0.15, -0.1) is 0 Å². The largest absolute Gasteiger partial charge is 0.390 e. The molecule has 0 amide bonds. The van der Waals surface area contributed by atoms with Crippen molar-refractivity contribution in [2.75, 3.05) is 6.54 Å². The van der Waals surface area contributed by atoms with Crippen molar-refractivity contribution in [2.45, 2.75) is 25.1 Å². The first-order valence-corrected chi connectivity index (χ1v) is 3.89. The molecule has 0 atom stereocenters. The number of rotatable bonds is 3. The topological polar surface area (TPSA) is 12.0 Å². The van der Waals surface area contributed by atoms with Crippen molar-refractivity contribution in [3.8, 4) is 0 Å². The number of nitrogens with one attached hydrogen (secondary N) is 1. The molecule has 0 heterocycles. The van der Waals surface area contributed by atoms with Gasteiger partial charge in [0.25, 0.3) is 0 Å². The molecule has 1 N–H and O–H groups in total. The van der Waals surface area contributed by atoms with Crippen molar-refractivity contribution >= 4 is 15.9 Å². The Hall–Kier alpha value is 0.0200. The maximum Gasteiger partial charge on any atom is 0.0373 e. The first-order valence-electron chi connectivity index (χ1n) is 3.10. The van der Waals surface area contributed by atoms with E-state index in [4.69, 9.17) is 0 Å². The molecule has 0 spiro atoms. The quantitative estimate of drug-likeness (QED) is 0.676. The lowest BCUT2D eigenvalue weighted by Gasteiger charge is -2.14. The van der Waals surface area contributed by atoms with Crippen LogP contribution < -0.4 is 5.32 Å². The predicted molar refractivity (Wildman–Crippen MR) is 45.8 cm³/mol. The minimum absolute atomic E-state index is 0.201. The van der Waals surface area contributed by atoms with E-state index in [1.807, 2.05) is 19.2 Å². The predicted octanol–water partition coefficient (Wildman–Crippen LogP) is 2.28. The Labute approximate surface area is 65.7 Å². The summed E-state index contributed by atoms with van der Waals surface area (Å²) in [7, 11) is 0. The summed E-state index contributed by atoms with van der Waals surface area (Å²) < 4.78 is 0.201. The van der Waals surface area contributed by atoms with Crippen LogP contribution in [0, 0.1) is 0 Å². The van der Waals surface area contributed by atoms with Crippen molar-refractivity contribution in [2.24, 2.45) is 0 Å². The Kier molecular flexibility index (Phi) is 3.95. The Balaban J connectivity index is 3.28. The summed E-state index contributed by atoms with van der Waals surface area (Å²) in [6.07, 6.45) is 3.93. The van der Waals surface area contributed by atoms with E-state index in [0.717, 1.165) is 6.54 Å². The molecule has 0 aromatic carbocycles. The highest BCUT2D eigenvalue weighted by Gasteiger charge is 2.09. The van der Waals surface area contributed by atoms with E-state index in [0.29, 0.717) is 0 Å². The summed E-state index contributed by atoms with van der Waals surface area (Å²) in [6.45, 7) is 7.21. The lowest BCUT2D eigenvalue weighted by molar-refractivity contribution is 0.674. The summed E-state index contributed by atoms with van der Waals surface area (Å²) in [5, 5.41) is 3.15. The van der Waals surface area contributed by atoms with Gasteiger partial charge in [0, 0.05) is 10.9 Å². The fourth-order valence-electron chi connectivity index (χ4n) is 0.419. The number of alkyl halides is 1. The molecule has 0 rings (SSSR count). The van der Waals surface area contributed by atoms with Gasteiger partial charge >= 0.3 is 0 Å². The molecular formula is C7H14BrN. The zero-order valence-corrected chi connectivity index (χ0v) is 7.83. The summed E-state index contributed by atoms with van der Waals surface area (Å²) in [5.41, 5.74) is 0. The average molecular weight is 192 g/mol. The number of allylic oxidation sites excluding steroid dienone is 1. The molecule has 1 nitrogen and oxygen atoms in total. The molecule has 0 aromatic heterocycles. The summed E-state index contributed by atoms with van der Waals surface area (Å²) in [5.74, 6) is 0. The molecule has 54 valence electrons. The maximum atomic E-state index is 3.51. The van der Waals surface area contributed by atoms with Crippen LogP contribution in [0.25, 0.3) is 0 Å². The molecular weight excluding hydrogens is 178 g/mol. The van der Waals surface area contributed by atoms with E-state index in [1.165, 1.54) is 0 Å². The van der Waals surface area contributed by atoms with Gasteiger partial charge in [-0.1, -0.05) is 22.0 Å². The van der Waals surface area contributed by atoms with Crippen molar-refractivity contribution in [1.82, 2.24) is 5.32 Å². The van der Waals surface area contributed by atoms with Gasteiger partial charge in [0.2, 0.25) is 0 Å². The van der Waals surface area contributed by atoms with Crippen LogP contribution in [0.4, 0.5) is 0 Å². The highest BCUT2D eigenvalue weighted by molar-refractivity contribution is 9.10.